The Bertz CT molecular complexity index is 1020. The summed E-state index contributed by atoms with van der Waals surface area (Å²) in [5, 5.41) is 16.8. The monoisotopic (exact) mass is 379 g/mol. The lowest BCUT2D eigenvalue weighted by molar-refractivity contribution is 0.378. The summed E-state index contributed by atoms with van der Waals surface area (Å²) in [6.07, 6.45) is 5.00. The van der Waals surface area contributed by atoms with Gasteiger partial charge in [-0.3, -0.25) is 4.98 Å². The number of aromatic nitrogens is 7. The minimum Gasteiger partial charge on any atom is -0.339 e. The van der Waals surface area contributed by atoms with Crippen molar-refractivity contribution in [2.45, 2.75) is 24.9 Å². The van der Waals surface area contributed by atoms with Crippen molar-refractivity contribution in [1.29, 1.82) is 0 Å². The molecule has 9 heteroatoms. The van der Waals surface area contributed by atoms with Gasteiger partial charge in [0.05, 0.1) is 5.69 Å². The Kier molecular flexibility index (Phi) is 5.20. The molecule has 0 bridgehead atoms. The number of tetrazole rings is 1. The highest BCUT2D eigenvalue weighted by molar-refractivity contribution is 7.99. The topological polar surface area (TPSA) is 95.4 Å². The van der Waals surface area contributed by atoms with Crippen LogP contribution < -0.4 is 0 Å². The van der Waals surface area contributed by atoms with Gasteiger partial charge < -0.3 is 4.52 Å². The zero-order chi connectivity index (χ0) is 18.5. The van der Waals surface area contributed by atoms with E-state index in [0.717, 1.165) is 34.1 Å². The summed E-state index contributed by atoms with van der Waals surface area (Å²) in [4.78, 5) is 8.42. The summed E-state index contributed by atoms with van der Waals surface area (Å²) in [7, 11) is 0. The van der Waals surface area contributed by atoms with Gasteiger partial charge in [-0.15, -0.1) is 5.10 Å². The largest absolute Gasteiger partial charge is 0.339 e. The maximum absolute atomic E-state index is 5.33. The van der Waals surface area contributed by atoms with E-state index in [-0.39, 0.29) is 0 Å². The van der Waals surface area contributed by atoms with Gasteiger partial charge in [-0.05, 0) is 47.5 Å². The molecule has 4 aromatic rings. The first-order valence-corrected chi connectivity index (χ1v) is 9.50. The maximum atomic E-state index is 5.33. The average Bonchev–Trinajstić information content (AvgIpc) is 3.36. The molecule has 27 heavy (non-hydrogen) atoms. The molecular formula is C18H17N7OS. The fourth-order valence-electron chi connectivity index (χ4n) is 2.58. The van der Waals surface area contributed by atoms with Gasteiger partial charge in [0.2, 0.25) is 16.9 Å². The van der Waals surface area contributed by atoms with E-state index in [0.29, 0.717) is 18.1 Å². The van der Waals surface area contributed by atoms with Crippen molar-refractivity contribution in [3.05, 3.63) is 60.2 Å². The molecule has 0 radical (unpaired) electrons. The van der Waals surface area contributed by atoms with E-state index in [1.807, 2.05) is 43.3 Å². The van der Waals surface area contributed by atoms with Gasteiger partial charge >= 0.3 is 0 Å². The lowest BCUT2D eigenvalue weighted by Gasteiger charge is -2.06. The molecule has 3 heterocycles. The first-order valence-electron chi connectivity index (χ1n) is 8.51. The number of hydrogen-bond donors (Lipinski definition) is 0. The Balaban J connectivity index is 1.34. The van der Waals surface area contributed by atoms with Gasteiger partial charge in [-0.1, -0.05) is 35.1 Å². The van der Waals surface area contributed by atoms with E-state index in [4.69, 9.17) is 4.52 Å². The lowest BCUT2D eigenvalue weighted by atomic mass is 10.2. The molecule has 0 unspecified atom stereocenters. The number of para-hydroxylation sites is 1. The number of nitrogens with zero attached hydrogens (tertiary/aromatic N) is 7. The molecule has 8 nitrogen and oxygen atoms in total. The molecule has 1 aromatic carbocycles. The molecule has 3 aromatic heterocycles. The number of rotatable bonds is 7. The van der Waals surface area contributed by atoms with Crippen LogP contribution in [-0.4, -0.2) is 41.1 Å². The van der Waals surface area contributed by atoms with Gasteiger partial charge in [0, 0.05) is 30.1 Å². The van der Waals surface area contributed by atoms with Crippen molar-refractivity contribution in [3.63, 3.8) is 0 Å². The highest BCUT2D eigenvalue weighted by atomic mass is 32.2. The van der Waals surface area contributed by atoms with Gasteiger partial charge in [-0.2, -0.15) is 9.67 Å². The third kappa shape index (κ3) is 4.03. The number of thioether (sulfide) groups is 1. The minimum absolute atomic E-state index is 0.587. The fraction of sp³-hybridized carbons (Fsp3) is 0.222. The first kappa shape index (κ1) is 17.3. The molecule has 0 saturated carbocycles. The molecule has 0 saturated heterocycles. The fourth-order valence-corrected chi connectivity index (χ4v) is 3.41. The van der Waals surface area contributed by atoms with Crippen LogP contribution in [-0.2, 0) is 6.42 Å². The highest BCUT2D eigenvalue weighted by Gasteiger charge is 2.12. The highest BCUT2D eigenvalue weighted by Crippen LogP contribution is 2.22. The smallest absolute Gasteiger partial charge is 0.226 e. The average molecular weight is 379 g/mol. The summed E-state index contributed by atoms with van der Waals surface area (Å²) in [5.41, 5.74) is 3.01. The zero-order valence-electron chi connectivity index (χ0n) is 14.7. The maximum Gasteiger partial charge on any atom is 0.226 e. The van der Waals surface area contributed by atoms with E-state index in [1.54, 1.807) is 28.8 Å². The van der Waals surface area contributed by atoms with Gasteiger partial charge in [0.1, 0.15) is 0 Å². The predicted molar refractivity (Wildman–Crippen MR) is 100 cm³/mol. The van der Waals surface area contributed by atoms with Crippen LogP contribution in [0.3, 0.4) is 0 Å². The first-order chi connectivity index (χ1) is 13.3. The van der Waals surface area contributed by atoms with E-state index in [1.165, 1.54) is 0 Å². The number of hydrogen-bond acceptors (Lipinski definition) is 8. The standard InChI is InChI=1S/C18H17N7OS/c1-13-5-2-3-6-15(13)25-18(21-23-24-25)27-12-4-7-16-20-17(22-26-16)14-8-10-19-11-9-14/h2-3,5-6,8-11H,4,7,12H2,1H3. The number of pyridine rings is 1. The minimum atomic E-state index is 0.587. The quantitative estimate of drug-likeness (QED) is 0.357. The van der Waals surface area contributed by atoms with E-state index < -0.39 is 0 Å². The second-order valence-corrected chi connectivity index (χ2v) is 6.92. The van der Waals surface area contributed by atoms with Crippen molar-refractivity contribution in [2.75, 3.05) is 5.75 Å². The van der Waals surface area contributed by atoms with Crippen molar-refractivity contribution in [1.82, 2.24) is 35.3 Å². The van der Waals surface area contributed by atoms with Gasteiger partial charge in [0.15, 0.2) is 0 Å². The second kappa shape index (κ2) is 8.09. The van der Waals surface area contributed by atoms with Crippen LogP contribution in [0.2, 0.25) is 0 Å². The second-order valence-electron chi connectivity index (χ2n) is 5.86. The summed E-state index contributed by atoms with van der Waals surface area (Å²) < 4.78 is 7.10. The molecule has 4 rings (SSSR count). The number of aryl methyl sites for hydroxylation is 2. The Labute approximate surface area is 160 Å². The molecule has 0 aliphatic heterocycles. The van der Waals surface area contributed by atoms with E-state index in [9.17, 15) is 0 Å². The molecule has 0 spiro atoms. The van der Waals surface area contributed by atoms with Crippen LogP contribution in [0.4, 0.5) is 0 Å². The Morgan fingerprint density at radius 2 is 1.96 bits per heavy atom. The summed E-state index contributed by atoms with van der Waals surface area (Å²) >= 11 is 1.61. The van der Waals surface area contributed by atoms with E-state index in [2.05, 4.69) is 30.7 Å². The third-order valence-corrected chi connectivity index (χ3v) is 4.96. The molecule has 0 atom stereocenters. The molecule has 0 amide bonds. The number of benzene rings is 1. The Morgan fingerprint density at radius 1 is 1.11 bits per heavy atom. The predicted octanol–water partition coefficient (Wildman–Crippen LogP) is 3.14. The van der Waals surface area contributed by atoms with Gasteiger partial charge in [0.25, 0.3) is 0 Å². The van der Waals surface area contributed by atoms with Crippen LogP contribution in [0, 0.1) is 6.92 Å². The Morgan fingerprint density at radius 3 is 2.81 bits per heavy atom. The van der Waals surface area contributed by atoms with Crippen LogP contribution >= 0.6 is 11.8 Å². The lowest BCUT2D eigenvalue weighted by Crippen LogP contribution is -2.01. The van der Waals surface area contributed by atoms with Crippen LogP contribution in [0.25, 0.3) is 17.1 Å². The van der Waals surface area contributed by atoms with Gasteiger partial charge in [-0.25, -0.2) is 0 Å². The molecule has 0 aliphatic carbocycles. The summed E-state index contributed by atoms with van der Waals surface area (Å²) in [5.74, 6) is 2.06. The summed E-state index contributed by atoms with van der Waals surface area (Å²) in [6.45, 7) is 2.04. The van der Waals surface area contributed by atoms with Crippen molar-refractivity contribution >= 4 is 11.8 Å². The van der Waals surface area contributed by atoms with Crippen LogP contribution in [0.15, 0.2) is 58.5 Å². The van der Waals surface area contributed by atoms with Crippen molar-refractivity contribution in [2.24, 2.45) is 0 Å². The Hall–Kier alpha value is -3.07. The normalized spacial score (nSPS) is 11.0. The molecule has 0 aliphatic rings. The van der Waals surface area contributed by atoms with Crippen LogP contribution in [0.5, 0.6) is 0 Å². The molecule has 0 N–H and O–H groups in total. The SMILES string of the molecule is Cc1ccccc1-n1nnnc1SCCCc1nc(-c2ccncc2)no1. The third-order valence-electron chi connectivity index (χ3n) is 3.96. The molecular weight excluding hydrogens is 362 g/mol. The van der Waals surface area contributed by atoms with Crippen LogP contribution in [0.1, 0.15) is 17.9 Å². The van der Waals surface area contributed by atoms with Crippen molar-refractivity contribution < 1.29 is 4.52 Å². The zero-order valence-corrected chi connectivity index (χ0v) is 15.5. The van der Waals surface area contributed by atoms with E-state index >= 15 is 0 Å². The molecule has 136 valence electrons. The van der Waals surface area contributed by atoms with Crippen molar-refractivity contribution in [3.8, 4) is 17.1 Å². The molecule has 0 fully saturated rings. The summed E-state index contributed by atoms with van der Waals surface area (Å²) in [6, 6.07) is 11.7.